The number of nitrogens with zero attached hydrogens (tertiary/aromatic N) is 2. The zero-order chi connectivity index (χ0) is 11.4. The summed E-state index contributed by atoms with van der Waals surface area (Å²) in [7, 11) is 0. The molecule has 16 heavy (non-hydrogen) atoms. The molecule has 1 aromatic rings. The van der Waals surface area contributed by atoms with Gasteiger partial charge in [0, 0.05) is 30.3 Å². The van der Waals surface area contributed by atoms with Gasteiger partial charge in [-0.05, 0) is 25.3 Å². The van der Waals surface area contributed by atoms with E-state index in [0.29, 0.717) is 5.92 Å². The van der Waals surface area contributed by atoms with Crippen LogP contribution in [0.15, 0.2) is 12.3 Å². The van der Waals surface area contributed by atoms with Crippen LogP contribution >= 0.6 is 0 Å². The van der Waals surface area contributed by atoms with Crippen molar-refractivity contribution in [3.63, 3.8) is 0 Å². The molecule has 2 N–H and O–H groups in total. The maximum absolute atomic E-state index is 5.93. The van der Waals surface area contributed by atoms with Crippen LogP contribution in [0.5, 0.6) is 0 Å². The maximum Gasteiger partial charge on any atom is 0.130 e. The molecule has 0 aliphatic heterocycles. The molecule has 3 nitrogen and oxygen atoms in total. The Hall–Kier alpha value is -0.960. The van der Waals surface area contributed by atoms with Gasteiger partial charge in [0.25, 0.3) is 0 Å². The molecular weight excluding hydrogens is 198 g/mol. The van der Waals surface area contributed by atoms with Crippen molar-refractivity contribution >= 4 is 0 Å². The van der Waals surface area contributed by atoms with E-state index in [0.717, 1.165) is 18.7 Å². The van der Waals surface area contributed by atoms with E-state index in [1.807, 2.05) is 6.20 Å². The number of rotatable bonds is 4. The average Bonchev–Trinajstić information content (AvgIpc) is 2.83. The van der Waals surface area contributed by atoms with E-state index in [9.17, 15) is 0 Å². The van der Waals surface area contributed by atoms with Crippen molar-refractivity contribution < 1.29 is 0 Å². The van der Waals surface area contributed by atoms with Gasteiger partial charge in [0.2, 0.25) is 0 Å². The highest BCUT2D eigenvalue weighted by molar-refractivity contribution is 5.10. The Morgan fingerprint density at radius 3 is 2.88 bits per heavy atom. The Morgan fingerprint density at radius 1 is 1.44 bits per heavy atom. The Balaban J connectivity index is 2.06. The van der Waals surface area contributed by atoms with Crippen LogP contribution in [-0.2, 0) is 6.42 Å². The summed E-state index contributed by atoms with van der Waals surface area (Å²) >= 11 is 0. The van der Waals surface area contributed by atoms with Crippen LogP contribution in [0.1, 0.15) is 56.5 Å². The first-order chi connectivity index (χ1) is 7.79. The van der Waals surface area contributed by atoms with Gasteiger partial charge in [0.05, 0.1) is 0 Å². The first-order valence-electron chi connectivity index (χ1n) is 6.37. The van der Waals surface area contributed by atoms with Crippen molar-refractivity contribution in [2.24, 2.45) is 5.73 Å². The zero-order valence-corrected chi connectivity index (χ0v) is 10.0. The van der Waals surface area contributed by atoms with Gasteiger partial charge in [-0.25, -0.2) is 9.97 Å². The largest absolute Gasteiger partial charge is 0.327 e. The second kappa shape index (κ2) is 5.39. The molecule has 0 aromatic carbocycles. The summed E-state index contributed by atoms with van der Waals surface area (Å²) in [4.78, 5) is 8.96. The molecule has 1 fully saturated rings. The summed E-state index contributed by atoms with van der Waals surface area (Å²) in [5, 5.41) is 0. The van der Waals surface area contributed by atoms with Crippen molar-refractivity contribution in [1.82, 2.24) is 9.97 Å². The second-order valence-electron chi connectivity index (χ2n) is 4.75. The molecule has 0 amide bonds. The third-order valence-electron chi connectivity index (χ3n) is 3.47. The maximum atomic E-state index is 5.93. The standard InChI is InChI=1S/C13H21N3/c1-2-11(14)9-13-15-8-7-12(16-13)10-5-3-4-6-10/h7-8,10-11H,2-6,9,14H2,1H3. The Morgan fingerprint density at radius 2 is 2.19 bits per heavy atom. The van der Waals surface area contributed by atoms with Crippen molar-refractivity contribution in [2.45, 2.75) is 57.4 Å². The molecular formula is C13H21N3. The van der Waals surface area contributed by atoms with Crippen LogP contribution in [0.25, 0.3) is 0 Å². The van der Waals surface area contributed by atoms with E-state index in [-0.39, 0.29) is 6.04 Å². The van der Waals surface area contributed by atoms with Crippen molar-refractivity contribution in [3.05, 3.63) is 23.8 Å². The van der Waals surface area contributed by atoms with Gasteiger partial charge in [-0.1, -0.05) is 19.8 Å². The van der Waals surface area contributed by atoms with Crippen molar-refractivity contribution in [1.29, 1.82) is 0 Å². The van der Waals surface area contributed by atoms with E-state index in [1.54, 1.807) is 0 Å². The molecule has 1 atom stereocenters. The summed E-state index contributed by atoms with van der Waals surface area (Å²) in [6.07, 6.45) is 8.94. The lowest BCUT2D eigenvalue weighted by atomic mass is 10.0. The lowest BCUT2D eigenvalue weighted by Gasteiger charge is -2.11. The van der Waals surface area contributed by atoms with E-state index in [2.05, 4.69) is 23.0 Å². The van der Waals surface area contributed by atoms with Gasteiger partial charge < -0.3 is 5.73 Å². The fraction of sp³-hybridized carbons (Fsp3) is 0.692. The topological polar surface area (TPSA) is 51.8 Å². The summed E-state index contributed by atoms with van der Waals surface area (Å²) in [5.41, 5.74) is 7.16. The normalized spacial score (nSPS) is 18.9. The minimum Gasteiger partial charge on any atom is -0.327 e. The molecule has 1 aliphatic rings. The van der Waals surface area contributed by atoms with Crippen LogP contribution in [0, 0.1) is 0 Å². The molecule has 1 saturated carbocycles. The third kappa shape index (κ3) is 2.79. The lowest BCUT2D eigenvalue weighted by Crippen LogP contribution is -2.23. The molecule has 1 aliphatic carbocycles. The van der Waals surface area contributed by atoms with Crippen LogP contribution in [-0.4, -0.2) is 16.0 Å². The second-order valence-corrected chi connectivity index (χ2v) is 4.75. The number of aromatic nitrogens is 2. The monoisotopic (exact) mass is 219 g/mol. The SMILES string of the molecule is CCC(N)Cc1nccc(C2CCCC2)n1. The minimum atomic E-state index is 0.193. The summed E-state index contributed by atoms with van der Waals surface area (Å²) in [6.45, 7) is 2.10. The van der Waals surface area contributed by atoms with Crippen LogP contribution < -0.4 is 5.73 Å². The minimum absolute atomic E-state index is 0.193. The summed E-state index contributed by atoms with van der Waals surface area (Å²) in [6, 6.07) is 2.26. The van der Waals surface area contributed by atoms with Crippen LogP contribution in [0.4, 0.5) is 0 Å². The van der Waals surface area contributed by atoms with Crippen LogP contribution in [0.2, 0.25) is 0 Å². The van der Waals surface area contributed by atoms with Crippen LogP contribution in [0.3, 0.4) is 0 Å². The van der Waals surface area contributed by atoms with E-state index < -0.39 is 0 Å². The first kappa shape index (κ1) is 11.5. The highest BCUT2D eigenvalue weighted by atomic mass is 14.9. The zero-order valence-electron chi connectivity index (χ0n) is 10.0. The molecule has 1 unspecified atom stereocenters. The van der Waals surface area contributed by atoms with E-state index in [4.69, 9.17) is 5.73 Å². The van der Waals surface area contributed by atoms with Gasteiger partial charge in [0.1, 0.15) is 5.82 Å². The van der Waals surface area contributed by atoms with E-state index >= 15 is 0 Å². The lowest BCUT2D eigenvalue weighted by molar-refractivity contribution is 0.612. The number of hydrogen-bond acceptors (Lipinski definition) is 3. The van der Waals surface area contributed by atoms with E-state index in [1.165, 1.54) is 31.4 Å². The predicted octanol–water partition coefficient (Wildman–Crippen LogP) is 2.41. The molecule has 0 bridgehead atoms. The molecule has 88 valence electrons. The Bertz CT molecular complexity index is 332. The first-order valence-corrected chi connectivity index (χ1v) is 6.37. The summed E-state index contributed by atoms with van der Waals surface area (Å²) in [5.74, 6) is 1.58. The highest BCUT2D eigenvalue weighted by Gasteiger charge is 2.18. The van der Waals surface area contributed by atoms with Gasteiger partial charge in [-0.2, -0.15) is 0 Å². The number of nitrogens with two attached hydrogens (primary N) is 1. The molecule has 3 heteroatoms. The quantitative estimate of drug-likeness (QED) is 0.846. The molecule has 0 radical (unpaired) electrons. The fourth-order valence-electron chi connectivity index (χ4n) is 2.34. The average molecular weight is 219 g/mol. The van der Waals surface area contributed by atoms with Gasteiger partial charge in [0.15, 0.2) is 0 Å². The molecule has 1 heterocycles. The van der Waals surface area contributed by atoms with Gasteiger partial charge >= 0.3 is 0 Å². The molecule has 2 rings (SSSR count). The molecule has 0 spiro atoms. The number of hydrogen-bond donors (Lipinski definition) is 1. The van der Waals surface area contributed by atoms with Gasteiger partial charge in [-0.15, -0.1) is 0 Å². The van der Waals surface area contributed by atoms with Crippen molar-refractivity contribution in [3.8, 4) is 0 Å². The summed E-state index contributed by atoms with van der Waals surface area (Å²) < 4.78 is 0. The smallest absolute Gasteiger partial charge is 0.130 e. The molecule has 0 saturated heterocycles. The van der Waals surface area contributed by atoms with Crippen molar-refractivity contribution in [2.75, 3.05) is 0 Å². The Labute approximate surface area is 97.5 Å². The molecule has 1 aromatic heterocycles. The Kier molecular flexibility index (Phi) is 3.88. The predicted molar refractivity (Wildman–Crippen MR) is 65.2 cm³/mol. The third-order valence-corrected chi connectivity index (χ3v) is 3.47. The highest BCUT2D eigenvalue weighted by Crippen LogP contribution is 2.32. The fourth-order valence-corrected chi connectivity index (χ4v) is 2.34. The van der Waals surface area contributed by atoms with Gasteiger partial charge in [-0.3, -0.25) is 0 Å².